The first-order chi connectivity index (χ1) is 14.7. The van der Waals surface area contributed by atoms with E-state index in [9.17, 15) is 0 Å². The zero-order valence-electron chi connectivity index (χ0n) is 16.9. The molecule has 0 unspecified atom stereocenters. The lowest BCUT2D eigenvalue weighted by atomic mass is 10.00. The molecule has 5 nitrogen and oxygen atoms in total. The Morgan fingerprint density at radius 3 is 2.33 bits per heavy atom. The maximum atomic E-state index is 5.98. The van der Waals surface area contributed by atoms with Crippen LogP contribution in [0.15, 0.2) is 83.9 Å². The van der Waals surface area contributed by atoms with E-state index in [4.69, 9.17) is 15.6 Å². The fraction of sp³-hybridized carbons (Fsp3) is 0.240. The average Bonchev–Trinajstić information content (AvgIpc) is 3.20. The third-order valence-electron chi connectivity index (χ3n) is 5.92. The van der Waals surface area contributed by atoms with Gasteiger partial charge in [0.1, 0.15) is 0 Å². The molecule has 0 saturated carbocycles. The zero-order valence-corrected chi connectivity index (χ0v) is 16.9. The van der Waals surface area contributed by atoms with Crippen molar-refractivity contribution in [1.82, 2.24) is 10.4 Å². The molecule has 152 valence electrons. The Labute approximate surface area is 177 Å². The van der Waals surface area contributed by atoms with Crippen molar-refractivity contribution in [2.24, 2.45) is 4.99 Å². The largest absolute Gasteiger partial charge is 0.399 e. The van der Waals surface area contributed by atoms with Crippen LogP contribution in [0.5, 0.6) is 0 Å². The third kappa shape index (κ3) is 3.95. The minimum Gasteiger partial charge on any atom is -0.399 e. The van der Waals surface area contributed by atoms with Crippen molar-refractivity contribution in [3.05, 3.63) is 90.0 Å². The maximum Gasteiger partial charge on any atom is 0.190 e. The van der Waals surface area contributed by atoms with Gasteiger partial charge in [-0.3, -0.25) is 4.90 Å². The van der Waals surface area contributed by atoms with E-state index in [0.29, 0.717) is 0 Å². The van der Waals surface area contributed by atoms with Crippen molar-refractivity contribution in [1.29, 1.82) is 0 Å². The Balaban J connectivity index is 1.25. The van der Waals surface area contributed by atoms with Gasteiger partial charge in [0, 0.05) is 43.7 Å². The molecule has 3 N–H and O–H groups in total. The van der Waals surface area contributed by atoms with Gasteiger partial charge in [0.05, 0.1) is 0 Å². The molecule has 0 atom stereocenters. The minimum atomic E-state index is -0.449. The molecule has 5 rings (SSSR count). The van der Waals surface area contributed by atoms with Crippen LogP contribution in [0.2, 0.25) is 0 Å². The number of nitrogen functional groups attached to an aromatic ring is 1. The molecule has 0 amide bonds. The van der Waals surface area contributed by atoms with Crippen molar-refractivity contribution < 1.29 is 4.84 Å². The number of amidine groups is 1. The molecule has 1 spiro atoms. The number of hydroxylamine groups is 1. The van der Waals surface area contributed by atoms with Crippen LogP contribution in [-0.2, 0) is 11.4 Å². The molecule has 1 fully saturated rings. The summed E-state index contributed by atoms with van der Waals surface area (Å²) >= 11 is 0. The molecular formula is C25H26N4O. The van der Waals surface area contributed by atoms with E-state index in [-0.39, 0.29) is 0 Å². The number of anilines is 1. The molecule has 2 aliphatic rings. The van der Waals surface area contributed by atoms with E-state index in [0.717, 1.165) is 60.7 Å². The van der Waals surface area contributed by atoms with Gasteiger partial charge in [0.25, 0.3) is 0 Å². The summed E-state index contributed by atoms with van der Waals surface area (Å²) in [6, 6.07) is 26.9. The van der Waals surface area contributed by atoms with E-state index in [1.54, 1.807) is 0 Å². The van der Waals surface area contributed by atoms with Gasteiger partial charge in [0.15, 0.2) is 11.6 Å². The molecule has 1 saturated heterocycles. The third-order valence-corrected chi connectivity index (χ3v) is 5.92. The lowest BCUT2D eigenvalue weighted by molar-refractivity contribution is -0.0901. The predicted octanol–water partition coefficient (Wildman–Crippen LogP) is 4.21. The van der Waals surface area contributed by atoms with Crippen LogP contribution in [0.1, 0.15) is 24.0 Å². The standard InChI is InChI=1S/C25H26N4O/c26-23-8-4-7-22(17-23)20-9-11-21(12-10-20)24-27-25(30-28-24)13-15-29(16-14-25)18-19-5-2-1-3-6-19/h1-12,17H,13-16,18,26H2,(H,27,28). The van der Waals surface area contributed by atoms with Crippen molar-refractivity contribution >= 4 is 11.5 Å². The van der Waals surface area contributed by atoms with Crippen molar-refractivity contribution in [3.8, 4) is 11.1 Å². The summed E-state index contributed by atoms with van der Waals surface area (Å²) in [6.07, 6.45) is 1.77. The molecule has 0 aromatic heterocycles. The summed E-state index contributed by atoms with van der Waals surface area (Å²) < 4.78 is 0. The van der Waals surface area contributed by atoms with Gasteiger partial charge in [0.2, 0.25) is 0 Å². The Morgan fingerprint density at radius 2 is 1.60 bits per heavy atom. The molecule has 3 aromatic carbocycles. The molecule has 0 radical (unpaired) electrons. The van der Waals surface area contributed by atoms with Crippen molar-refractivity contribution in [2.45, 2.75) is 25.1 Å². The highest BCUT2D eigenvalue weighted by Gasteiger charge is 2.40. The first kappa shape index (κ1) is 18.9. The number of piperidine rings is 1. The Morgan fingerprint density at radius 1 is 0.867 bits per heavy atom. The smallest absolute Gasteiger partial charge is 0.190 e. The second-order valence-electron chi connectivity index (χ2n) is 8.08. The molecule has 3 aromatic rings. The number of hydrogen-bond donors (Lipinski definition) is 2. The van der Waals surface area contributed by atoms with Crippen LogP contribution in [0, 0.1) is 0 Å². The number of nitrogens with one attached hydrogen (secondary N) is 1. The lowest BCUT2D eigenvalue weighted by Gasteiger charge is -2.35. The molecule has 0 bridgehead atoms. The highest BCUT2D eigenvalue weighted by Crippen LogP contribution is 2.32. The van der Waals surface area contributed by atoms with Crippen molar-refractivity contribution in [3.63, 3.8) is 0 Å². The summed E-state index contributed by atoms with van der Waals surface area (Å²) in [6.45, 7) is 2.93. The number of aliphatic imine (C=N–C) groups is 1. The van der Waals surface area contributed by atoms with Crippen molar-refractivity contribution in [2.75, 3.05) is 18.8 Å². The Bertz CT molecular complexity index is 1040. The quantitative estimate of drug-likeness (QED) is 0.646. The van der Waals surface area contributed by atoms with Gasteiger partial charge in [-0.1, -0.05) is 66.7 Å². The molecule has 5 heteroatoms. The van der Waals surface area contributed by atoms with Gasteiger partial charge in [-0.15, -0.1) is 0 Å². The number of rotatable bonds is 4. The first-order valence-corrected chi connectivity index (χ1v) is 10.5. The van der Waals surface area contributed by atoms with Gasteiger partial charge in [-0.2, -0.15) is 0 Å². The van der Waals surface area contributed by atoms with Crippen LogP contribution in [-0.4, -0.2) is 29.6 Å². The van der Waals surface area contributed by atoms with Crippen LogP contribution >= 0.6 is 0 Å². The van der Waals surface area contributed by atoms with E-state index in [1.165, 1.54) is 5.56 Å². The number of nitrogens with two attached hydrogens (primary N) is 1. The van der Waals surface area contributed by atoms with Gasteiger partial charge >= 0.3 is 0 Å². The SMILES string of the molecule is Nc1cccc(-c2ccc(C3=NC4(CCN(Cc5ccccc5)CC4)ON3)cc2)c1. The van der Waals surface area contributed by atoms with E-state index in [2.05, 4.69) is 71.0 Å². The predicted molar refractivity (Wildman–Crippen MR) is 121 cm³/mol. The van der Waals surface area contributed by atoms with Crippen LogP contribution in [0.25, 0.3) is 11.1 Å². The summed E-state index contributed by atoms with van der Waals surface area (Å²) in [4.78, 5) is 13.4. The van der Waals surface area contributed by atoms with Crippen LogP contribution in [0.4, 0.5) is 5.69 Å². The second-order valence-corrected chi connectivity index (χ2v) is 8.08. The number of nitrogens with zero attached hydrogens (tertiary/aromatic N) is 2. The first-order valence-electron chi connectivity index (χ1n) is 10.5. The van der Waals surface area contributed by atoms with E-state index < -0.39 is 5.72 Å². The fourth-order valence-electron chi connectivity index (χ4n) is 4.17. The summed E-state index contributed by atoms with van der Waals surface area (Å²) in [5, 5.41) is 0. The number of hydrogen-bond acceptors (Lipinski definition) is 5. The molecule has 30 heavy (non-hydrogen) atoms. The highest BCUT2D eigenvalue weighted by atomic mass is 16.7. The van der Waals surface area contributed by atoms with Gasteiger partial charge < -0.3 is 5.73 Å². The molecule has 2 aliphatic heterocycles. The molecule has 2 heterocycles. The highest BCUT2D eigenvalue weighted by molar-refractivity contribution is 5.99. The normalized spacial score (nSPS) is 18.2. The minimum absolute atomic E-state index is 0.449. The average molecular weight is 399 g/mol. The zero-order chi connectivity index (χ0) is 20.4. The van der Waals surface area contributed by atoms with Crippen LogP contribution < -0.4 is 11.2 Å². The lowest BCUT2D eigenvalue weighted by Crippen LogP contribution is -2.44. The topological polar surface area (TPSA) is 62.9 Å². The monoisotopic (exact) mass is 398 g/mol. The van der Waals surface area contributed by atoms with Gasteiger partial charge in [-0.05, 0) is 28.8 Å². The summed E-state index contributed by atoms with van der Waals surface area (Å²) in [5.41, 5.74) is 13.9. The van der Waals surface area contributed by atoms with E-state index in [1.807, 2.05) is 18.2 Å². The number of likely N-dealkylation sites (tertiary alicyclic amines) is 1. The second kappa shape index (κ2) is 7.94. The van der Waals surface area contributed by atoms with E-state index >= 15 is 0 Å². The maximum absolute atomic E-state index is 5.98. The fourth-order valence-corrected chi connectivity index (χ4v) is 4.17. The molecular weight excluding hydrogens is 372 g/mol. The summed E-state index contributed by atoms with van der Waals surface area (Å²) in [5.74, 6) is 0.811. The summed E-state index contributed by atoms with van der Waals surface area (Å²) in [7, 11) is 0. The van der Waals surface area contributed by atoms with Gasteiger partial charge in [-0.25, -0.2) is 15.3 Å². The number of benzene rings is 3. The van der Waals surface area contributed by atoms with Crippen LogP contribution in [0.3, 0.4) is 0 Å². The molecule has 0 aliphatic carbocycles. The Hall–Kier alpha value is -3.15. The Kier molecular flexibility index (Phi) is 4.99.